The van der Waals surface area contributed by atoms with E-state index in [1.807, 2.05) is 0 Å². The molecule has 0 spiro atoms. The Morgan fingerprint density at radius 1 is 1.22 bits per heavy atom. The lowest BCUT2D eigenvalue weighted by molar-refractivity contribution is -0.141. The van der Waals surface area contributed by atoms with Crippen LogP contribution in [0, 0.1) is 0 Å². The van der Waals surface area contributed by atoms with Gasteiger partial charge in [0.15, 0.2) is 15.5 Å². The number of rotatable bonds is 3. The van der Waals surface area contributed by atoms with Crippen molar-refractivity contribution in [3.8, 4) is 0 Å². The Kier molecular flexibility index (Phi) is 4.37. The van der Waals surface area contributed by atoms with E-state index < -0.39 is 33.3 Å². The van der Waals surface area contributed by atoms with Crippen molar-refractivity contribution in [3.63, 3.8) is 0 Å². The molecule has 10 heteroatoms. The molecule has 1 N–H and O–H groups in total. The van der Waals surface area contributed by atoms with E-state index in [4.69, 9.17) is 0 Å². The van der Waals surface area contributed by atoms with Crippen molar-refractivity contribution in [3.05, 3.63) is 48.0 Å². The number of alkyl halides is 3. The summed E-state index contributed by atoms with van der Waals surface area (Å²) in [7, 11) is -3.48. The minimum Gasteiger partial charge on any atom is -0.321 e. The average molecular weight is 345 g/mol. The molecule has 0 aliphatic heterocycles. The number of hydrogen-bond acceptors (Lipinski definition) is 5. The molecule has 0 saturated heterocycles. The van der Waals surface area contributed by atoms with Gasteiger partial charge in [-0.3, -0.25) is 9.78 Å². The van der Waals surface area contributed by atoms with E-state index in [2.05, 4.69) is 15.3 Å². The van der Waals surface area contributed by atoms with Crippen molar-refractivity contribution < 1.29 is 26.4 Å². The van der Waals surface area contributed by atoms with Gasteiger partial charge in [-0.2, -0.15) is 13.2 Å². The maximum atomic E-state index is 12.5. The Labute approximate surface area is 129 Å². The number of hydrogen-bond donors (Lipinski definition) is 1. The lowest BCUT2D eigenvalue weighted by atomic mass is 10.3. The maximum absolute atomic E-state index is 12.5. The van der Waals surface area contributed by atoms with E-state index in [9.17, 15) is 26.4 Å². The quantitative estimate of drug-likeness (QED) is 0.921. The van der Waals surface area contributed by atoms with Crippen LogP contribution in [0.3, 0.4) is 0 Å². The standard InChI is InChI=1S/C13H10F3N3O3S/c1-23(21,22)9-4-2-3-8(5-9)18-12(20)10-6-17-7-11(19-10)13(14,15)16/h2-7H,1H3,(H,18,20). The summed E-state index contributed by atoms with van der Waals surface area (Å²) >= 11 is 0. The van der Waals surface area contributed by atoms with Crippen LogP contribution in [-0.2, 0) is 16.0 Å². The minimum atomic E-state index is -4.72. The fourth-order valence-corrected chi connectivity index (χ4v) is 2.28. The van der Waals surface area contributed by atoms with Crippen LogP contribution in [0.5, 0.6) is 0 Å². The number of amides is 1. The lowest BCUT2D eigenvalue weighted by Gasteiger charge is -2.08. The summed E-state index contributed by atoms with van der Waals surface area (Å²) in [6.07, 6.45) is -2.35. The predicted molar refractivity (Wildman–Crippen MR) is 74.5 cm³/mol. The highest BCUT2D eigenvalue weighted by atomic mass is 32.2. The van der Waals surface area contributed by atoms with E-state index >= 15 is 0 Å². The Hall–Kier alpha value is -2.49. The van der Waals surface area contributed by atoms with Crippen molar-refractivity contribution in [2.75, 3.05) is 11.6 Å². The van der Waals surface area contributed by atoms with E-state index in [-0.39, 0.29) is 10.6 Å². The van der Waals surface area contributed by atoms with Gasteiger partial charge in [0.2, 0.25) is 0 Å². The van der Waals surface area contributed by atoms with Gasteiger partial charge in [-0.1, -0.05) is 6.07 Å². The van der Waals surface area contributed by atoms with Crippen LogP contribution in [0.4, 0.5) is 18.9 Å². The van der Waals surface area contributed by atoms with Crippen LogP contribution in [0.2, 0.25) is 0 Å². The van der Waals surface area contributed by atoms with Gasteiger partial charge in [0.1, 0.15) is 5.69 Å². The van der Waals surface area contributed by atoms with Crippen LogP contribution in [0.15, 0.2) is 41.6 Å². The third kappa shape index (κ3) is 4.25. The normalized spacial score (nSPS) is 12.0. The summed E-state index contributed by atoms with van der Waals surface area (Å²) in [5, 5.41) is 2.28. The molecule has 1 aromatic heterocycles. The summed E-state index contributed by atoms with van der Waals surface area (Å²) in [5.74, 6) is -0.936. The minimum absolute atomic E-state index is 0.0366. The molecule has 0 radical (unpaired) electrons. The molecule has 0 saturated carbocycles. The molecule has 0 atom stereocenters. The molecule has 0 bridgehead atoms. The molecular weight excluding hydrogens is 335 g/mol. The lowest BCUT2D eigenvalue weighted by Crippen LogP contribution is -2.18. The first-order valence-electron chi connectivity index (χ1n) is 6.08. The van der Waals surface area contributed by atoms with E-state index in [1.54, 1.807) is 0 Å². The monoisotopic (exact) mass is 345 g/mol. The van der Waals surface area contributed by atoms with Gasteiger partial charge < -0.3 is 5.32 Å². The summed E-state index contributed by atoms with van der Waals surface area (Å²) in [6.45, 7) is 0. The average Bonchev–Trinajstić information content (AvgIpc) is 2.46. The van der Waals surface area contributed by atoms with Crippen molar-refractivity contribution in [2.45, 2.75) is 11.1 Å². The Balaban J connectivity index is 2.27. The fourth-order valence-electron chi connectivity index (χ4n) is 1.61. The molecule has 0 unspecified atom stereocenters. The van der Waals surface area contributed by atoms with Crippen LogP contribution in [0.1, 0.15) is 16.2 Å². The fraction of sp³-hybridized carbons (Fsp3) is 0.154. The molecular formula is C13H10F3N3O3S. The highest BCUT2D eigenvalue weighted by molar-refractivity contribution is 7.90. The van der Waals surface area contributed by atoms with E-state index in [0.717, 1.165) is 12.5 Å². The Morgan fingerprint density at radius 2 is 1.91 bits per heavy atom. The molecule has 2 aromatic rings. The second-order valence-electron chi connectivity index (χ2n) is 4.54. The molecule has 0 fully saturated rings. The zero-order chi connectivity index (χ0) is 17.3. The number of sulfone groups is 1. The number of nitrogens with zero attached hydrogens (tertiary/aromatic N) is 2. The topological polar surface area (TPSA) is 89.0 Å². The first-order chi connectivity index (χ1) is 10.6. The van der Waals surface area contributed by atoms with Gasteiger partial charge in [0.05, 0.1) is 17.3 Å². The zero-order valence-electron chi connectivity index (χ0n) is 11.6. The number of carbonyl (C=O) groups is 1. The van der Waals surface area contributed by atoms with Gasteiger partial charge >= 0.3 is 6.18 Å². The highest BCUT2D eigenvalue weighted by Crippen LogP contribution is 2.26. The van der Waals surface area contributed by atoms with Crippen LogP contribution < -0.4 is 5.32 Å². The van der Waals surface area contributed by atoms with Crippen LogP contribution in [0.25, 0.3) is 0 Å². The number of halogens is 3. The molecule has 0 aliphatic carbocycles. The number of anilines is 1. The Bertz CT molecular complexity index is 851. The predicted octanol–water partition coefficient (Wildman–Crippen LogP) is 2.15. The van der Waals surface area contributed by atoms with Crippen molar-refractivity contribution in [1.29, 1.82) is 0 Å². The third-order valence-corrected chi connectivity index (χ3v) is 3.79. The number of benzene rings is 1. The maximum Gasteiger partial charge on any atom is 0.434 e. The molecule has 1 aromatic carbocycles. The molecule has 6 nitrogen and oxygen atoms in total. The van der Waals surface area contributed by atoms with Crippen LogP contribution in [-0.4, -0.2) is 30.5 Å². The van der Waals surface area contributed by atoms with Crippen molar-refractivity contribution in [2.24, 2.45) is 0 Å². The molecule has 23 heavy (non-hydrogen) atoms. The van der Waals surface area contributed by atoms with Crippen LogP contribution >= 0.6 is 0 Å². The highest BCUT2D eigenvalue weighted by Gasteiger charge is 2.33. The van der Waals surface area contributed by atoms with Gasteiger partial charge in [0.25, 0.3) is 5.91 Å². The van der Waals surface area contributed by atoms with Gasteiger partial charge in [-0.05, 0) is 18.2 Å². The van der Waals surface area contributed by atoms with E-state index in [1.165, 1.54) is 24.3 Å². The summed E-state index contributed by atoms with van der Waals surface area (Å²) in [4.78, 5) is 18.4. The summed E-state index contributed by atoms with van der Waals surface area (Å²) < 4.78 is 60.5. The smallest absolute Gasteiger partial charge is 0.321 e. The van der Waals surface area contributed by atoms with Crippen molar-refractivity contribution >= 4 is 21.4 Å². The van der Waals surface area contributed by atoms with Gasteiger partial charge in [-0.15, -0.1) is 0 Å². The van der Waals surface area contributed by atoms with Crippen molar-refractivity contribution in [1.82, 2.24) is 9.97 Å². The summed E-state index contributed by atoms with van der Waals surface area (Å²) in [5.41, 5.74) is -1.73. The number of nitrogens with one attached hydrogen (secondary N) is 1. The Morgan fingerprint density at radius 3 is 2.52 bits per heavy atom. The van der Waals surface area contributed by atoms with Gasteiger partial charge in [0, 0.05) is 11.9 Å². The zero-order valence-corrected chi connectivity index (χ0v) is 12.4. The molecule has 1 heterocycles. The molecule has 1 amide bonds. The SMILES string of the molecule is CS(=O)(=O)c1cccc(NC(=O)c2cncc(C(F)(F)F)n2)c1. The molecule has 122 valence electrons. The number of aromatic nitrogens is 2. The first kappa shape index (κ1) is 16.9. The molecule has 0 aliphatic rings. The first-order valence-corrected chi connectivity index (χ1v) is 7.97. The van der Waals surface area contributed by atoms with Gasteiger partial charge in [-0.25, -0.2) is 13.4 Å². The third-order valence-electron chi connectivity index (χ3n) is 2.68. The second-order valence-corrected chi connectivity index (χ2v) is 6.56. The largest absolute Gasteiger partial charge is 0.434 e. The second kappa shape index (κ2) is 5.95. The molecule has 2 rings (SSSR count). The number of carbonyl (C=O) groups excluding carboxylic acids is 1. The summed E-state index contributed by atoms with van der Waals surface area (Å²) in [6, 6.07) is 5.31. The van der Waals surface area contributed by atoms with E-state index in [0.29, 0.717) is 6.20 Å².